The number of nitrogens with one attached hydrogen (secondary N) is 1. The van der Waals surface area contributed by atoms with Crippen molar-refractivity contribution in [2.45, 2.75) is 6.54 Å². The molecule has 0 aliphatic rings. The van der Waals surface area contributed by atoms with Gasteiger partial charge in [-0.1, -0.05) is 0 Å². The summed E-state index contributed by atoms with van der Waals surface area (Å²) in [6.45, 7) is 2.30. The summed E-state index contributed by atoms with van der Waals surface area (Å²) in [5, 5.41) is 3.12. The molecule has 31 heavy (non-hydrogen) atoms. The second-order valence-corrected chi connectivity index (χ2v) is 6.59. The van der Waals surface area contributed by atoms with Crippen LogP contribution in [0.15, 0.2) is 47.0 Å². The Kier molecular flexibility index (Phi) is 8.11. The van der Waals surface area contributed by atoms with Crippen LogP contribution in [0.3, 0.4) is 0 Å². The van der Waals surface area contributed by atoms with E-state index in [4.69, 9.17) is 34.8 Å². The van der Waals surface area contributed by atoms with Crippen molar-refractivity contribution in [2.75, 3.05) is 51.7 Å². The number of nitrogen functional groups attached to an aromatic ring is 1. The molecule has 9 nitrogen and oxygen atoms in total. The first-order valence-electron chi connectivity index (χ1n) is 9.83. The van der Waals surface area contributed by atoms with Gasteiger partial charge in [0.15, 0.2) is 17.3 Å². The molecular formula is C22H28N4O5. The molecule has 166 valence electrons. The predicted octanol–water partition coefficient (Wildman–Crippen LogP) is 3.18. The van der Waals surface area contributed by atoms with Crippen LogP contribution in [0, 0.1) is 0 Å². The van der Waals surface area contributed by atoms with E-state index in [1.807, 2.05) is 30.3 Å². The van der Waals surface area contributed by atoms with Crippen LogP contribution in [-0.2, 0) is 16.0 Å². The lowest BCUT2D eigenvalue weighted by Crippen LogP contribution is -2.10. The highest BCUT2D eigenvalue weighted by Crippen LogP contribution is 2.33. The van der Waals surface area contributed by atoms with Crippen molar-refractivity contribution in [3.05, 3.63) is 48.2 Å². The van der Waals surface area contributed by atoms with Crippen LogP contribution in [0.5, 0.6) is 11.5 Å². The second kappa shape index (κ2) is 11.2. The van der Waals surface area contributed by atoms with Crippen LogP contribution in [0.25, 0.3) is 11.3 Å². The molecular weight excluding hydrogens is 400 g/mol. The number of hydrogen-bond acceptors (Lipinski definition) is 9. The molecule has 1 aromatic heterocycles. The van der Waals surface area contributed by atoms with Crippen molar-refractivity contribution in [1.82, 2.24) is 4.98 Å². The van der Waals surface area contributed by atoms with E-state index < -0.39 is 0 Å². The van der Waals surface area contributed by atoms with Crippen molar-refractivity contribution < 1.29 is 23.4 Å². The highest BCUT2D eigenvalue weighted by atomic mass is 16.5. The summed E-state index contributed by atoms with van der Waals surface area (Å²) in [4.78, 5) is 4.29. The van der Waals surface area contributed by atoms with Gasteiger partial charge in [0.2, 0.25) is 0 Å². The monoisotopic (exact) mass is 428 g/mol. The Morgan fingerprint density at radius 3 is 2.61 bits per heavy atom. The molecule has 0 saturated heterocycles. The molecule has 0 unspecified atom stereocenters. The SMILES string of the molecule is COCCOCCOc1ccc(-c2cnc(Nc3ccc(N)c(CN)c3)o2)cc1OC. The zero-order chi connectivity index (χ0) is 22.1. The molecule has 2 aromatic carbocycles. The van der Waals surface area contributed by atoms with Crippen LogP contribution < -0.4 is 26.3 Å². The van der Waals surface area contributed by atoms with Crippen LogP contribution in [-0.4, -0.2) is 45.6 Å². The van der Waals surface area contributed by atoms with Crippen LogP contribution in [0.4, 0.5) is 17.4 Å². The number of hydrogen-bond donors (Lipinski definition) is 3. The number of nitrogens with two attached hydrogens (primary N) is 2. The molecule has 0 fully saturated rings. The van der Waals surface area contributed by atoms with Gasteiger partial charge in [-0.15, -0.1) is 0 Å². The zero-order valence-electron chi connectivity index (χ0n) is 17.7. The molecule has 0 spiro atoms. The maximum atomic E-state index is 5.89. The van der Waals surface area contributed by atoms with Gasteiger partial charge >= 0.3 is 0 Å². The summed E-state index contributed by atoms with van der Waals surface area (Å²) in [6, 6.07) is 11.4. The maximum absolute atomic E-state index is 5.89. The number of oxazole rings is 1. The Morgan fingerprint density at radius 1 is 1.00 bits per heavy atom. The Bertz CT molecular complexity index is 976. The molecule has 5 N–H and O–H groups in total. The lowest BCUT2D eigenvalue weighted by atomic mass is 10.1. The highest BCUT2D eigenvalue weighted by Gasteiger charge is 2.12. The highest BCUT2D eigenvalue weighted by molar-refractivity contribution is 5.65. The van der Waals surface area contributed by atoms with E-state index in [2.05, 4.69) is 10.3 Å². The fourth-order valence-electron chi connectivity index (χ4n) is 2.84. The second-order valence-electron chi connectivity index (χ2n) is 6.59. The lowest BCUT2D eigenvalue weighted by Gasteiger charge is -2.12. The number of nitrogens with zero attached hydrogens (tertiary/aromatic N) is 1. The Labute approximate surface area is 181 Å². The van der Waals surface area contributed by atoms with Gasteiger partial charge in [0.1, 0.15) is 6.61 Å². The average Bonchev–Trinajstić information content (AvgIpc) is 3.26. The molecule has 0 bridgehead atoms. The minimum Gasteiger partial charge on any atom is -0.493 e. The van der Waals surface area contributed by atoms with Crippen molar-refractivity contribution in [2.24, 2.45) is 5.73 Å². The van der Waals surface area contributed by atoms with Gasteiger partial charge < -0.3 is 40.1 Å². The van der Waals surface area contributed by atoms with Crippen LogP contribution in [0.1, 0.15) is 5.56 Å². The third-order valence-corrected chi connectivity index (χ3v) is 4.49. The third-order valence-electron chi connectivity index (χ3n) is 4.49. The first kappa shape index (κ1) is 22.4. The lowest BCUT2D eigenvalue weighted by molar-refractivity contribution is 0.0540. The molecule has 0 amide bonds. The maximum Gasteiger partial charge on any atom is 0.299 e. The Morgan fingerprint density at radius 2 is 1.84 bits per heavy atom. The van der Waals surface area contributed by atoms with E-state index in [-0.39, 0.29) is 0 Å². The average molecular weight is 428 g/mol. The van der Waals surface area contributed by atoms with E-state index in [0.717, 1.165) is 16.8 Å². The van der Waals surface area contributed by atoms with Crippen molar-refractivity contribution in [1.29, 1.82) is 0 Å². The number of rotatable bonds is 12. The van der Waals surface area contributed by atoms with Crippen LogP contribution in [0.2, 0.25) is 0 Å². The first-order valence-corrected chi connectivity index (χ1v) is 9.83. The van der Waals surface area contributed by atoms with Crippen LogP contribution >= 0.6 is 0 Å². The third kappa shape index (κ3) is 6.11. The molecule has 3 aromatic rings. The number of methoxy groups -OCH3 is 2. The van der Waals surface area contributed by atoms with Gasteiger partial charge in [-0.3, -0.25) is 0 Å². The van der Waals surface area contributed by atoms with Gasteiger partial charge in [0.25, 0.3) is 6.01 Å². The van der Waals surface area contributed by atoms with Crippen molar-refractivity contribution in [3.63, 3.8) is 0 Å². The van der Waals surface area contributed by atoms with E-state index in [0.29, 0.717) is 61.9 Å². The van der Waals surface area contributed by atoms with Gasteiger partial charge in [0, 0.05) is 30.6 Å². The van der Waals surface area contributed by atoms with E-state index >= 15 is 0 Å². The Hall–Kier alpha value is -3.27. The van der Waals surface area contributed by atoms with Gasteiger partial charge in [0.05, 0.1) is 33.1 Å². The molecule has 0 aliphatic heterocycles. The fraction of sp³-hybridized carbons (Fsp3) is 0.318. The number of aromatic nitrogens is 1. The molecule has 0 aliphatic carbocycles. The molecule has 0 radical (unpaired) electrons. The molecule has 3 rings (SSSR count). The summed E-state index contributed by atoms with van der Waals surface area (Å²) in [5.41, 5.74) is 14.7. The minimum atomic E-state index is 0.353. The van der Waals surface area contributed by atoms with Gasteiger partial charge in [-0.2, -0.15) is 0 Å². The first-order chi connectivity index (χ1) is 15.1. The van der Waals surface area contributed by atoms with Gasteiger partial charge in [-0.25, -0.2) is 4.98 Å². The summed E-state index contributed by atoms with van der Waals surface area (Å²) in [7, 11) is 3.22. The van der Waals surface area contributed by atoms with E-state index in [9.17, 15) is 0 Å². The largest absolute Gasteiger partial charge is 0.493 e. The normalized spacial score (nSPS) is 10.8. The minimum absolute atomic E-state index is 0.353. The molecule has 9 heteroatoms. The number of benzene rings is 2. The molecule has 1 heterocycles. The Balaban J connectivity index is 1.64. The van der Waals surface area contributed by atoms with E-state index in [1.54, 1.807) is 26.5 Å². The van der Waals surface area contributed by atoms with Crippen molar-refractivity contribution in [3.8, 4) is 22.8 Å². The van der Waals surface area contributed by atoms with E-state index in [1.165, 1.54) is 0 Å². The smallest absolute Gasteiger partial charge is 0.299 e. The summed E-state index contributed by atoms with van der Waals surface area (Å²) in [5.74, 6) is 1.80. The molecule has 0 atom stereocenters. The predicted molar refractivity (Wildman–Crippen MR) is 119 cm³/mol. The molecule has 0 saturated carbocycles. The number of anilines is 3. The fourth-order valence-corrected chi connectivity index (χ4v) is 2.84. The van der Waals surface area contributed by atoms with Gasteiger partial charge in [-0.05, 0) is 42.0 Å². The standard InChI is InChI=1S/C22H28N4O5/c1-27-7-8-29-9-10-30-19-6-3-15(12-20(19)28-2)21-14-25-22(31-21)26-17-4-5-18(24)16(11-17)13-23/h3-6,11-12,14H,7-10,13,23-24H2,1-2H3,(H,25,26). The number of ether oxygens (including phenoxy) is 4. The topological polar surface area (TPSA) is 127 Å². The summed E-state index contributed by atoms with van der Waals surface area (Å²) >= 11 is 0. The quantitative estimate of drug-likeness (QED) is 0.294. The van der Waals surface area contributed by atoms with Crippen molar-refractivity contribution >= 4 is 17.4 Å². The summed E-state index contributed by atoms with van der Waals surface area (Å²) < 4.78 is 27.4. The summed E-state index contributed by atoms with van der Waals surface area (Å²) in [6.07, 6.45) is 1.64. The zero-order valence-corrected chi connectivity index (χ0v) is 17.7.